The minimum absolute atomic E-state index is 0.0163. The predicted octanol–water partition coefficient (Wildman–Crippen LogP) is 7.13. The fourth-order valence-corrected chi connectivity index (χ4v) is 10.1. The molecule has 10 nitrogen and oxygen atoms in total. The van der Waals surface area contributed by atoms with Crippen molar-refractivity contribution in [1.29, 1.82) is 0 Å². The lowest BCUT2D eigenvalue weighted by molar-refractivity contribution is -0.131. The molecular weight excluding hydrogens is 705 g/mol. The molecule has 2 saturated heterocycles. The highest BCUT2D eigenvalue weighted by atomic mass is 16.5. The number of fused-ring (bicyclic) bond motifs is 14. The normalized spacial score (nSPS) is 20.1. The molecule has 0 aliphatic carbocycles. The van der Waals surface area contributed by atoms with Crippen LogP contribution in [0.5, 0.6) is 11.5 Å². The number of carbonyl (C=O) groups excluding carboxylic acids is 1. The number of amides is 1. The van der Waals surface area contributed by atoms with Gasteiger partial charge in [-0.3, -0.25) is 9.69 Å². The Labute approximate surface area is 326 Å². The highest BCUT2D eigenvalue weighted by molar-refractivity contribution is 6.14. The maximum Gasteiger partial charge on any atom is 0.223 e. The highest BCUT2D eigenvalue weighted by Crippen LogP contribution is 2.47. The lowest BCUT2D eigenvalue weighted by Crippen LogP contribution is -2.41. The van der Waals surface area contributed by atoms with E-state index < -0.39 is 6.10 Å². The first-order chi connectivity index (χ1) is 27.3. The van der Waals surface area contributed by atoms with Crippen LogP contribution in [0, 0.1) is 0 Å². The molecular formula is C46H50N4O6. The fourth-order valence-electron chi connectivity index (χ4n) is 10.1. The molecule has 2 fully saturated rings. The summed E-state index contributed by atoms with van der Waals surface area (Å²) >= 11 is 0. The molecule has 10 heteroatoms. The van der Waals surface area contributed by atoms with Crippen LogP contribution in [0.3, 0.4) is 0 Å². The Hall–Kier alpha value is -5.13. The second-order valence-electron chi connectivity index (χ2n) is 15.6. The van der Waals surface area contributed by atoms with Crippen LogP contribution in [0.4, 0.5) is 11.4 Å². The van der Waals surface area contributed by atoms with Crippen LogP contribution in [0.1, 0.15) is 65.2 Å². The number of methoxy groups -OCH3 is 2. The largest absolute Gasteiger partial charge is 0.496 e. The molecule has 4 aliphatic rings. The van der Waals surface area contributed by atoms with Crippen LogP contribution in [-0.2, 0) is 37.5 Å². The third kappa shape index (κ3) is 5.72. The van der Waals surface area contributed by atoms with E-state index in [9.17, 15) is 20.1 Å². The smallest absolute Gasteiger partial charge is 0.223 e. The monoisotopic (exact) mass is 754 g/mol. The van der Waals surface area contributed by atoms with Crippen LogP contribution < -0.4 is 20.1 Å². The number of aliphatic hydroxyl groups excluding tert-OH is 3. The summed E-state index contributed by atoms with van der Waals surface area (Å²) in [4.78, 5) is 16.9. The lowest BCUT2D eigenvalue weighted by Gasteiger charge is -2.37. The van der Waals surface area contributed by atoms with Gasteiger partial charge < -0.3 is 40.3 Å². The van der Waals surface area contributed by atoms with E-state index in [1.54, 1.807) is 14.2 Å². The van der Waals surface area contributed by atoms with Gasteiger partial charge in [0.2, 0.25) is 5.91 Å². The zero-order valence-electron chi connectivity index (χ0n) is 32.5. The minimum atomic E-state index is -0.721. The van der Waals surface area contributed by atoms with Crippen molar-refractivity contribution in [2.24, 2.45) is 0 Å². The number of hydrogen-bond acceptors (Lipinski definition) is 9. The molecule has 6 aromatic carbocycles. The SMILES string of the molecule is CNc1ccc2c3c(c4cc(OC)c(CO)cc4c2c1)CN1C(=O)CC[C@H]1[C@H]3O.CNc1ccc2c3c(c4cc(OC)c(CO)cc4c2c1)CN1CCC[C@H]1C3. The van der Waals surface area contributed by atoms with Crippen LogP contribution in [-0.4, -0.2) is 78.0 Å². The molecule has 0 radical (unpaired) electrons. The molecule has 3 atom stereocenters. The molecule has 5 N–H and O–H groups in total. The van der Waals surface area contributed by atoms with E-state index in [4.69, 9.17) is 9.47 Å². The van der Waals surface area contributed by atoms with Crippen molar-refractivity contribution >= 4 is 60.4 Å². The highest BCUT2D eigenvalue weighted by Gasteiger charge is 2.42. The first-order valence-corrected chi connectivity index (χ1v) is 19.8. The summed E-state index contributed by atoms with van der Waals surface area (Å²) in [6.07, 6.45) is 4.18. The number of carbonyl (C=O) groups is 1. The van der Waals surface area contributed by atoms with Gasteiger partial charge in [-0.1, -0.05) is 12.1 Å². The summed E-state index contributed by atoms with van der Waals surface area (Å²) in [6, 6.07) is 21.5. The molecule has 0 bridgehead atoms. The second kappa shape index (κ2) is 14.4. The van der Waals surface area contributed by atoms with Crippen molar-refractivity contribution in [2.75, 3.05) is 45.5 Å². The maximum atomic E-state index is 12.4. The number of hydrogen-bond donors (Lipinski definition) is 5. The molecule has 4 heterocycles. The van der Waals surface area contributed by atoms with Gasteiger partial charge in [0.15, 0.2) is 0 Å². The van der Waals surface area contributed by atoms with Gasteiger partial charge in [-0.25, -0.2) is 0 Å². The van der Waals surface area contributed by atoms with Crippen molar-refractivity contribution in [2.45, 2.75) is 76.6 Å². The average molecular weight is 755 g/mol. The van der Waals surface area contributed by atoms with Crippen molar-refractivity contribution in [3.8, 4) is 11.5 Å². The Morgan fingerprint density at radius 2 is 1.29 bits per heavy atom. The molecule has 4 aliphatic heterocycles. The summed E-state index contributed by atoms with van der Waals surface area (Å²) in [5.74, 6) is 1.48. The van der Waals surface area contributed by atoms with Crippen molar-refractivity contribution in [3.05, 3.63) is 94.0 Å². The summed E-state index contributed by atoms with van der Waals surface area (Å²) in [7, 11) is 7.10. The van der Waals surface area contributed by atoms with Crippen molar-refractivity contribution < 1.29 is 29.6 Å². The number of nitrogens with one attached hydrogen (secondary N) is 2. The molecule has 0 spiro atoms. The third-order valence-electron chi connectivity index (χ3n) is 13.0. The van der Waals surface area contributed by atoms with E-state index in [1.807, 2.05) is 43.3 Å². The van der Waals surface area contributed by atoms with Gasteiger partial charge in [-0.15, -0.1) is 0 Å². The number of aliphatic hydroxyl groups is 3. The molecule has 0 unspecified atom stereocenters. The topological polar surface area (TPSA) is 127 Å². The average Bonchev–Trinajstić information content (AvgIpc) is 3.87. The van der Waals surface area contributed by atoms with E-state index in [0.717, 1.165) is 68.3 Å². The molecule has 1 amide bonds. The van der Waals surface area contributed by atoms with Crippen LogP contribution >= 0.6 is 0 Å². The summed E-state index contributed by atoms with van der Waals surface area (Å²) in [5.41, 5.74) is 8.46. The van der Waals surface area contributed by atoms with Crippen molar-refractivity contribution in [1.82, 2.24) is 9.80 Å². The Bertz CT molecular complexity index is 2550. The third-order valence-corrected chi connectivity index (χ3v) is 13.0. The standard InChI is InChI=1S/C23H24N2O4.C23H26N2O2/c1-24-13-3-4-14-16(8-13)15-7-12(11-26)20(29-2)9-17(15)18-10-25-19(5-6-21(25)27)23(28)22(14)18;1-24-15-5-6-17-19(9-15)18-8-14(13-26)23(27-2)11-21(18)22-12-25-7-3-4-16(25)10-20(17)22/h3-4,7-9,19,23-24,26,28H,5-6,10-11H2,1-2H3;5-6,8-9,11,16,24,26H,3-4,7,10,12-13H2,1-2H3/t19-,23+;16-/m00/s1. The predicted molar refractivity (Wildman–Crippen MR) is 223 cm³/mol. The first-order valence-electron chi connectivity index (χ1n) is 19.8. The molecule has 10 rings (SSSR count). The van der Waals surface area contributed by atoms with Gasteiger partial charge in [0, 0.05) is 62.1 Å². The molecule has 0 saturated carbocycles. The molecule has 290 valence electrons. The van der Waals surface area contributed by atoms with Gasteiger partial charge in [0.05, 0.1) is 33.5 Å². The summed E-state index contributed by atoms with van der Waals surface area (Å²) in [6.45, 7) is 2.56. The van der Waals surface area contributed by atoms with Crippen LogP contribution in [0.2, 0.25) is 0 Å². The Balaban J connectivity index is 0.000000147. The summed E-state index contributed by atoms with van der Waals surface area (Å²) in [5, 5.41) is 46.5. The zero-order chi connectivity index (χ0) is 38.8. The number of benzene rings is 6. The van der Waals surface area contributed by atoms with E-state index in [0.29, 0.717) is 36.7 Å². The number of anilines is 2. The van der Waals surface area contributed by atoms with Gasteiger partial charge in [-0.2, -0.15) is 0 Å². The van der Waals surface area contributed by atoms with Crippen LogP contribution in [0.25, 0.3) is 43.1 Å². The Kier molecular flexibility index (Phi) is 9.40. The first kappa shape index (κ1) is 36.5. The number of rotatable bonds is 6. The van der Waals surface area contributed by atoms with Gasteiger partial charge in [-0.05, 0) is 146 Å². The fraction of sp³-hybridized carbons (Fsp3) is 0.370. The van der Waals surface area contributed by atoms with Crippen LogP contribution in [0.15, 0.2) is 60.7 Å². The molecule has 6 aromatic rings. The van der Waals surface area contributed by atoms with E-state index in [-0.39, 0.29) is 25.2 Å². The quantitative estimate of drug-likeness (QED) is 0.113. The van der Waals surface area contributed by atoms with E-state index in [2.05, 4.69) is 51.9 Å². The number of nitrogens with zero attached hydrogens (tertiary/aromatic N) is 2. The Morgan fingerprint density at radius 1 is 0.696 bits per heavy atom. The van der Waals surface area contributed by atoms with E-state index >= 15 is 0 Å². The molecule has 56 heavy (non-hydrogen) atoms. The lowest BCUT2D eigenvalue weighted by atomic mass is 9.83. The van der Waals surface area contributed by atoms with Crippen molar-refractivity contribution in [3.63, 3.8) is 0 Å². The zero-order valence-corrected chi connectivity index (χ0v) is 32.5. The van der Waals surface area contributed by atoms with Gasteiger partial charge in [0.25, 0.3) is 0 Å². The van der Waals surface area contributed by atoms with Gasteiger partial charge in [0.1, 0.15) is 17.6 Å². The second-order valence-corrected chi connectivity index (χ2v) is 15.6. The van der Waals surface area contributed by atoms with Gasteiger partial charge >= 0.3 is 0 Å². The maximum absolute atomic E-state index is 12.4. The Morgan fingerprint density at radius 3 is 1.89 bits per heavy atom. The number of ether oxygens (including phenoxy) is 2. The summed E-state index contributed by atoms with van der Waals surface area (Å²) < 4.78 is 11.1. The minimum Gasteiger partial charge on any atom is -0.496 e. The van der Waals surface area contributed by atoms with E-state index in [1.165, 1.54) is 52.1 Å². The molecule has 0 aromatic heterocycles.